The molecule has 0 N–H and O–H groups in total. The third kappa shape index (κ3) is 3.15. The molecule has 0 radical (unpaired) electrons. The van der Waals surface area contributed by atoms with Gasteiger partial charge in [-0.3, -0.25) is 14.5 Å². The first-order chi connectivity index (χ1) is 11.3. The van der Waals surface area contributed by atoms with Crippen LogP contribution in [-0.4, -0.2) is 34.8 Å². The van der Waals surface area contributed by atoms with Crippen LogP contribution < -0.4 is 0 Å². The lowest BCUT2D eigenvalue weighted by molar-refractivity contribution is -0.155. The second-order valence-electron chi connectivity index (χ2n) is 6.08. The Balaban J connectivity index is 2.45. The van der Waals surface area contributed by atoms with Gasteiger partial charge in [0.15, 0.2) is 6.10 Å². The van der Waals surface area contributed by atoms with E-state index in [4.69, 9.17) is 4.74 Å². The Labute approximate surface area is 141 Å². The van der Waals surface area contributed by atoms with E-state index in [0.717, 1.165) is 10.5 Å². The summed E-state index contributed by atoms with van der Waals surface area (Å²) in [6.07, 6.45) is -1.06. The lowest BCUT2D eigenvalue weighted by Gasteiger charge is -2.23. The van der Waals surface area contributed by atoms with Crippen molar-refractivity contribution in [1.29, 1.82) is 0 Å². The van der Waals surface area contributed by atoms with Crippen molar-refractivity contribution in [1.82, 2.24) is 4.90 Å². The molecule has 1 fully saturated rings. The highest BCUT2D eigenvalue weighted by Gasteiger charge is 2.51. The summed E-state index contributed by atoms with van der Waals surface area (Å²) in [7, 11) is 0. The molecule has 1 aliphatic rings. The summed E-state index contributed by atoms with van der Waals surface area (Å²) in [5.74, 6) is -2.07. The molecule has 1 aromatic rings. The van der Waals surface area contributed by atoms with E-state index in [-0.39, 0.29) is 11.1 Å². The Hall–Kier alpha value is -2.69. The van der Waals surface area contributed by atoms with Crippen LogP contribution in [0, 0.1) is 0 Å². The number of imide groups is 1. The highest BCUT2D eigenvalue weighted by atomic mass is 16.5. The predicted molar refractivity (Wildman–Crippen MR) is 90.0 cm³/mol. The number of likely N-dealkylation sites (tertiary alicyclic amines) is 1. The monoisotopic (exact) mass is 327 g/mol. The Kier molecular flexibility index (Phi) is 5.02. The number of rotatable bonds is 4. The average molecular weight is 327 g/mol. The number of hydrogen-bond acceptors (Lipinski definition) is 4. The van der Waals surface area contributed by atoms with Gasteiger partial charge in [0, 0.05) is 17.2 Å². The number of carbonyl (C=O) groups is 3. The minimum atomic E-state index is -1.06. The van der Waals surface area contributed by atoms with Crippen LogP contribution in [0.4, 0.5) is 0 Å². The zero-order valence-electron chi connectivity index (χ0n) is 14.1. The zero-order chi connectivity index (χ0) is 18.0. The van der Waals surface area contributed by atoms with Crippen LogP contribution in [0.5, 0.6) is 0 Å². The molecule has 5 nitrogen and oxygen atoms in total. The molecule has 0 spiro atoms. The van der Waals surface area contributed by atoms with E-state index in [0.29, 0.717) is 0 Å². The Morgan fingerprint density at radius 3 is 2.17 bits per heavy atom. The number of ether oxygens (including phenoxy) is 1. The molecule has 126 valence electrons. The summed E-state index contributed by atoms with van der Waals surface area (Å²) in [5.41, 5.74) is 1.29. The number of nitrogens with zero attached hydrogens (tertiary/aromatic N) is 1. The molecule has 1 saturated heterocycles. The molecule has 0 aliphatic carbocycles. The van der Waals surface area contributed by atoms with Crippen molar-refractivity contribution in [3.8, 4) is 0 Å². The van der Waals surface area contributed by atoms with Crippen LogP contribution in [-0.2, 0) is 19.1 Å². The van der Waals surface area contributed by atoms with Crippen molar-refractivity contribution < 1.29 is 19.1 Å². The maximum atomic E-state index is 12.8. The van der Waals surface area contributed by atoms with Gasteiger partial charge in [0.2, 0.25) is 0 Å². The van der Waals surface area contributed by atoms with Gasteiger partial charge < -0.3 is 4.74 Å². The highest BCUT2D eigenvalue weighted by Crippen LogP contribution is 2.37. The first kappa shape index (κ1) is 17.7. The fourth-order valence-corrected chi connectivity index (χ4v) is 2.86. The van der Waals surface area contributed by atoms with Crippen LogP contribution in [0.25, 0.3) is 0 Å². The van der Waals surface area contributed by atoms with Gasteiger partial charge in [-0.1, -0.05) is 43.5 Å². The van der Waals surface area contributed by atoms with Crippen molar-refractivity contribution >= 4 is 17.8 Å². The van der Waals surface area contributed by atoms with E-state index in [1.165, 1.54) is 6.92 Å². The third-order valence-corrected chi connectivity index (χ3v) is 4.08. The van der Waals surface area contributed by atoms with Crippen LogP contribution in [0.2, 0.25) is 0 Å². The first-order valence-electron chi connectivity index (χ1n) is 7.70. The zero-order valence-corrected chi connectivity index (χ0v) is 14.1. The summed E-state index contributed by atoms with van der Waals surface area (Å²) < 4.78 is 5.37. The molecule has 24 heavy (non-hydrogen) atoms. The van der Waals surface area contributed by atoms with E-state index in [2.05, 4.69) is 13.2 Å². The lowest BCUT2D eigenvalue weighted by Crippen LogP contribution is -2.40. The lowest BCUT2D eigenvalue weighted by atomic mass is 9.90. The number of amides is 2. The Bertz CT molecular complexity index is 707. The van der Waals surface area contributed by atoms with Crippen molar-refractivity contribution in [2.24, 2.45) is 0 Å². The second-order valence-corrected chi connectivity index (χ2v) is 6.08. The van der Waals surface area contributed by atoms with Gasteiger partial charge in [0.25, 0.3) is 11.8 Å². The fraction of sp³-hybridized carbons (Fsp3) is 0.316. The number of esters is 1. The van der Waals surface area contributed by atoms with Gasteiger partial charge >= 0.3 is 5.97 Å². The molecule has 0 saturated carbocycles. The fourth-order valence-electron chi connectivity index (χ4n) is 2.86. The van der Waals surface area contributed by atoms with E-state index in [1.54, 1.807) is 13.8 Å². The minimum absolute atomic E-state index is 0.201. The van der Waals surface area contributed by atoms with Crippen molar-refractivity contribution in [3.05, 3.63) is 60.2 Å². The predicted octanol–water partition coefficient (Wildman–Crippen LogP) is 2.59. The molecule has 5 heteroatoms. The molecular formula is C19H21NO4. The van der Waals surface area contributed by atoms with Gasteiger partial charge in [-0.05, 0) is 26.3 Å². The molecule has 2 rings (SSSR count). The van der Waals surface area contributed by atoms with Crippen molar-refractivity contribution in [2.75, 3.05) is 0 Å². The topological polar surface area (TPSA) is 63.7 Å². The molecule has 1 aromatic carbocycles. The maximum Gasteiger partial charge on any atom is 0.333 e. The first-order valence-corrected chi connectivity index (χ1v) is 7.70. The van der Waals surface area contributed by atoms with Crippen LogP contribution in [0.1, 0.15) is 32.3 Å². The number of carbonyl (C=O) groups excluding carboxylic acids is 3. The molecular weight excluding hydrogens is 306 g/mol. The molecule has 0 aromatic heterocycles. The van der Waals surface area contributed by atoms with Crippen molar-refractivity contribution in [3.63, 3.8) is 0 Å². The molecule has 0 bridgehead atoms. The summed E-state index contributed by atoms with van der Waals surface area (Å²) in [5, 5.41) is 0. The van der Waals surface area contributed by atoms with Crippen LogP contribution in [0.15, 0.2) is 54.6 Å². The molecule has 3 unspecified atom stereocenters. The normalized spacial score (nSPS) is 23.0. The summed E-state index contributed by atoms with van der Waals surface area (Å²) in [4.78, 5) is 38.2. The largest absolute Gasteiger partial charge is 0.448 e. The molecule has 3 atom stereocenters. The van der Waals surface area contributed by atoms with E-state index < -0.39 is 35.8 Å². The molecule has 2 amide bonds. The number of hydrogen-bond donors (Lipinski definition) is 0. The molecule has 1 aliphatic heterocycles. The maximum absolute atomic E-state index is 12.8. The standard InChI is InChI=1S/C19H21NO4/c1-11(2)17(21)20-13(5)15(14-9-7-6-8-10-14)16(18(20)22)24-19(23)12(3)4/h6-10,13,15-16H,1,3H2,2,4-5H3. The minimum Gasteiger partial charge on any atom is -0.448 e. The van der Waals surface area contributed by atoms with Gasteiger partial charge in [-0.2, -0.15) is 0 Å². The third-order valence-electron chi connectivity index (χ3n) is 4.08. The van der Waals surface area contributed by atoms with Crippen LogP contribution in [0.3, 0.4) is 0 Å². The van der Waals surface area contributed by atoms with Gasteiger partial charge in [0.05, 0.1) is 5.92 Å². The van der Waals surface area contributed by atoms with Crippen LogP contribution >= 0.6 is 0 Å². The van der Waals surface area contributed by atoms with Crippen molar-refractivity contribution in [2.45, 2.75) is 38.8 Å². The van der Waals surface area contributed by atoms with Gasteiger partial charge in [0.1, 0.15) is 0 Å². The van der Waals surface area contributed by atoms with Gasteiger partial charge in [-0.25, -0.2) is 4.79 Å². The number of benzene rings is 1. The second kappa shape index (κ2) is 6.83. The Morgan fingerprint density at radius 1 is 1.08 bits per heavy atom. The molecule has 1 heterocycles. The highest BCUT2D eigenvalue weighted by molar-refractivity contribution is 6.07. The van der Waals surface area contributed by atoms with Gasteiger partial charge in [-0.15, -0.1) is 0 Å². The van der Waals surface area contributed by atoms with E-state index >= 15 is 0 Å². The average Bonchev–Trinajstić information content (AvgIpc) is 2.78. The SMILES string of the molecule is C=C(C)C(=O)OC1C(=O)N(C(=O)C(=C)C)C(C)C1c1ccccc1. The summed E-state index contributed by atoms with van der Waals surface area (Å²) in [6, 6.07) is 8.79. The van der Waals surface area contributed by atoms with E-state index in [9.17, 15) is 14.4 Å². The smallest absolute Gasteiger partial charge is 0.333 e. The van der Waals surface area contributed by atoms with E-state index in [1.807, 2.05) is 30.3 Å². The Morgan fingerprint density at radius 2 is 1.67 bits per heavy atom. The quantitative estimate of drug-likeness (QED) is 0.630. The summed E-state index contributed by atoms with van der Waals surface area (Å²) >= 11 is 0. The summed E-state index contributed by atoms with van der Waals surface area (Å²) in [6.45, 7) is 12.0.